The Labute approximate surface area is 313 Å². The van der Waals surface area contributed by atoms with Gasteiger partial charge < -0.3 is 9.84 Å². The molecule has 2 unspecified atom stereocenters. The third-order valence-electron chi connectivity index (χ3n) is 12.3. The normalized spacial score (nSPS) is 27.3. The van der Waals surface area contributed by atoms with E-state index in [1.165, 1.54) is 17.8 Å². The standard InChI is InChI=1S/C42H46N6O4S/c1-5-52-42-22-39(3)19-40(4,23-42)21-41(20-39,24-42)25-48-26(2)30(18-43-48)29-14-15-31(44-35(29)36(49)50)28-13-12-27-9-8-16-47(33(27)17-28)38(51)46-37-45-32-10-6-7-11-34(32)53-37/h6-7,10-15,17-18H,5,8-9,16,19-25H2,1-4H3,(H,49,50)(H,45,46,51). The molecule has 2 atom stereocenters. The van der Waals surface area contributed by atoms with Gasteiger partial charge in [0.25, 0.3) is 0 Å². The lowest BCUT2D eigenvalue weighted by molar-refractivity contribution is -0.246. The second kappa shape index (κ2) is 12.2. The molecule has 10 nitrogen and oxygen atoms in total. The number of thiazole rings is 1. The lowest BCUT2D eigenvalue weighted by Gasteiger charge is -2.69. The van der Waals surface area contributed by atoms with Gasteiger partial charge in [-0.3, -0.25) is 14.9 Å². The number of hydrogen-bond donors (Lipinski definition) is 2. The van der Waals surface area contributed by atoms with Crippen molar-refractivity contribution in [2.75, 3.05) is 23.4 Å². The fraction of sp³-hybridized carbons (Fsp3) is 0.452. The SMILES string of the molecule is CCOC12CC3(C)CC(C)(CC(Cn4ncc(-c5ccc(-c6ccc7c(c6)N(C(=O)Nc6nc8ccccc8s6)CCC7)nc5C(=O)O)c4C)(C3)C1)C2. The van der Waals surface area contributed by atoms with Crippen molar-refractivity contribution in [2.45, 2.75) is 91.2 Å². The molecule has 2 N–H and O–H groups in total. The van der Waals surface area contributed by atoms with Crippen LogP contribution in [0.1, 0.15) is 87.5 Å². The van der Waals surface area contributed by atoms with Crippen LogP contribution in [0.3, 0.4) is 0 Å². The average molecular weight is 731 g/mol. The Morgan fingerprint density at radius 1 is 0.962 bits per heavy atom. The molecule has 4 bridgehead atoms. The molecule has 10 rings (SSSR count). The highest BCUT2D eigenvalue weighted by Crippen LogP contribution is 2.72. The summed E-state index contributed by atoms with van der Waals surface area (Å²) in [5.74, 6) is -1.09. The van der Waals surface area contributed by atoms with E-state index >= 15 is 0 Å². The first-order chi connectivity index (χ1) is 25.4. The van der Waals surface area contributed by atoms with E-state index in [0.717, 1.165) is 96.4 Å². The van der Waals surface area contributed by atoms with E-state index in [4.69, 9.17) is 14.8 Å². The van der Waals surface area contributed by atoms with Gasteiger partial charge in [-0.2, -0.15) is 5.10 Å². The molecule has 4 aliphatic carbocycles. The fourth-order valence-corrected chi connectivity index (χ4v) is 12.5. The number of aromatic nitrogens is 4. The summed E-state index contributed by atoms with van der Waals surface area (Å²) in [6.45, 7) is 11.2. The van der Waals surface area contributed by atoms with E-state index in [9.17, 15) is 14.7 Å². The maximum absolute atomic E-state index is 13.6. The van der Waals surface area contributed by atoms with E-state index in [-0.39, 0.29) is 33.6 Å². The summed E-state index contributed by atoms with van der Waals surface area (Å²) in [7, 11) is 0. The topological polar surface area (TPSA) is 122 Å². The number of carbonyl (C=O) groups is 2. The maximum atomic E-state index is 13.6. The van der Waals surface area contributed by atoms with E-state index < -0.39 is 5.97 Å². The number of benzene rings is 2. The van der Waals surface area contributed by atoms with Crippen molar-refractivity contribution in [3.63, 3.8) is 0 Å². The van der Waals surface area contributed by atoms with E-state index in [1.807, 2.05) is 67.7 Å². The summed E-state index contributed by atoms with van der Waals surface area (Å²) in [6.07, 6.45) is 10.4. The van der Waals surface area contributed by atoms with Crippen LogP contribution in [0.25, 0.3) is 32.6 Å². The van der Waals surface area contributed by atoms with E-state index in [1.54, 1.807) is 4.90 Å². The first kappa shape index (κ1) is 34.2. The predicted molar refractivity (Wildman–Crippen MR) is 208 cm³/mol. The largest absolute Gasteiger partial charge is 0.476 e. The van der Waals surface area contributed by atoms with Crippen LogP contribution in [-0.4, -0.2) is 55.6 Å². The molecule has 5 aliphatic rings. The molecule has 4 heterocycles. The van der Waals surface area contributed by atoms with E-state index in [2.05, 4.69) is 35.8 Å². The molecular formula is C42H46N6O4S. The highest BCUT2D eigenvalue weighted by Gasteiger charge is 2.66. The number of aromatic carboxylic acids is 1. The molecule has 0 saturated heterocycles. The van der Waals surface area contributed by atoms with Gasteiger partial charge in [0.1, 0.15) is 0 Å². The first-order valence-electron chi connectivity index (χ1n) is 18.9. The minimum absolute atomic E-state index is 0.0153. The Morgan fingerprint density at radius 3 is 2.51 bits per heavy atom. The number of carbonyl (C=O) groups excluding carboxylic acids is 1. The summed E-state index contributed by atoms with van der Waals surface area (Å²) in [5, 5.41) is 18.9. The van der Waals surface area contributed by atoms with Crippen molar-refractivity contribution >= 4 is 44.4 Å². The minimum Gasteiger partial charge on any atom is -0.476 e. The minimum atomic E-state index is -1.09. The van der Waals surface area contributed by atoms with Gasteiger partial charge in [-0.25, -0.2) is 19.6 Å². The molecule has 274 valence electrons. The van der Waals surface area contributed by atoms with Crippen LogP contribution >= 0.6 is 11.3 Å². The lowest BCUT2D eigenvalue weighted by atomic mass is 9.39. The van der Waals surface area contributed by atoms with Gasteiger partial charge in [0.2, 0.25) is 0 Å². The van der Waals surface area contributed by atoms with Crippen molar-refractivity contribution in [3.8, 4) is 22.4 Å². The van der Waals surface area contributed by atoms with Crippen molar-refractivity contribution in [1.82, 2.24) is 19.7 Å². The van der Waals surface area contributed by atoms with Crippen LogP contribution < -0.4 is 10.2 Å². The van der Waals surface area contributed by atoms with Crippen molar-refractivity contribution < 1.29 is 19.4 Å². The molecule has 5 aromatic rings. The predicted octanol–water partition coefficient (Wildman–Crippen LogP) is 9.37. The van der Waals surface area contributed by atoms with Gasteiger partial charge >= 0.3 is 12.0 Å². The molecule has 4 fully saturated rings. The highest BCUT2D eigenvalue weighted by atomic mass is 32.1. The first-order valence-corrected chi connectivity index (χ1v) is 19.7. The second-order valence-electron chi connectivity index (χ2n) is 17.0. The van der Waals surface area contributed by atoms with Crippen LogP contribution in [0.15, 0.2) is 60.8 Å². The Balaban J connectivity index is 0.996. The number of para-hydroxylation sites is 1. The number of urea groups is 1. The van der Waals surface area contributed by atoms with Crippen LogP contribution in [-0.2, 0) is 17.7 Å². The molecule has 11 heteroatoms. The number of hydrogen-bond acceptors (Lipinski definition) is 7. The van der Waals surface area contributed by atoms with Gasteiger partial charge in [-0.1, -0.05) is 49.4 Å². The van der Waals surface area contributed by atoms with Gasteiger partial charge in [-0.15, -0.1) is 0 Å². The number of fused-ring (bicyclic) bond motifs is 2. The summed E-state index contributed by atoms with van der Waals surface area (Å²) in [5.41, 5.74) is 6.79. The zero-order valence-corrected chi connectivity index (χ0v) is 31.7. The third kappa shape index (κ3) is 5.92. The molecule has 3 aromatic heterocycles. The number of pyridine rings is 1. The van der Waals surface area contributed by atoms with Crippen molar-refractivity contribution in [1.29, 1.82) is 0 Å². The molecule has 53 heavy (non-hydrogen) atoms. The van der Waals surface area contributed by atoms with Gasteiger partial charge in [0.15, 0.2) is 10.8 Å². The quantitative estimate of drug-likeness (QED) is 0.163. The summed E-state index contributed by atoms with van der Waals surface area (Å²) < 4.78 is 9.70. The van der Waals surface area contributed by atoms with Crippen molar-refractivity contribution in [3.05, 3.63) is 77.7 Å². The highest BCUT2D eigenvalue weighted by molar-refractivity contribution is 7.22. The fourth-order valence-electron chi connectivity index (χ4n) is 11.7. The zero-order chi connectivity index (χ0) is 36.8. The number of nitrogens with zero attached hydrogens (tertiary/aromatic N) is 5. The van der Waals surface area contributed by atoms with Crippen LogP contribution in [0.5, 0.6) is 0 Å². The smallest absolute Gasteiger partial charge is 0.355 e. The Bertz CT molecular complexity index is 2240. The Hall–Kier alpha value is -4.61. The number of ether oxygens (including phenoxy) is 1. The summed E-state index contributed by atoms with van der Waals surface area (Å²) >= 11 is 1.45. The van der Waals surface area contributed by atoms with Gasteiger partial charge in [-0.05, 0) is 117 Å². The maximum Gasteiger partial charge on any atom is 0.355 e. The third-order valence-corrected chi connectivity index (χ3v) is 13.3. The molecule has 4 saturated carbocycles. The van der Waals surface area contributed by atoms with Crippen molar-refractivity contribution in [2.24, 2.45) is 16.2 Å². The van der Waals surface area contributed by atoms with Gasteiger partial charge in [0, 0.05) is 47.8 Å². The monoisotopic (exact) mass is 730 g/mol. The molecule has 0 spiro atoms. The summed E-state index contributed by atoms with van der Waals surface area (Å²) in [4.78, 5) is 37.5. The number of carboxylic acid groups (broad SMARTS) is 1. The number of nitrogens with one attached hydrogen (secondary N) is 1. The zero-order valence-electron chi connectivity index (χ0n) is 30.9. The van der Waals surface area contributed by atoms with E-state index in [0.29, 0.717) is 22.9 Å². The molecular weight excluding hydrogens is 685 g/mol. The molecule has 0 radical (unpaired) electrons. The summed E-state index contributed by atoms with van der Waals surface area (Å²) in [6, 6.07) is 17.2. The van der Waals surface area contributed by atoms with Crippen LogP contribution in [0.2, 0.25) is 0 Å². The average Bonchev–Trinajstić information content (AvgIpc) is 3.67. The number of aryl methyl sites for hydroxylation is 1. The van der Waals surface area contributed by atoms with Gasteiger partial charge in [0.05, 0.1) is 27.7 Å². The number of amides is 2. The van der Waals surface area contributed by atoms with Crippen LogP contribution in [0.4, 0.5) is 15.6 Å². The number of rotatable bonds is 8. The Morgan fingerprint density at radius 2 is 1.75 bits per heavy atom. The number of anilines is 2. The second-order valence-corrected chi connectivity index (χ2v) is 18.0. The Kier molecular flexibility index (Phi) is 7.87. The molecule has 2 aromatic carbocycles. The number of carboxylic acids is 1. The molecule has 1 aliphatic heterocycles. The molecule has 2 amide bonds. The van der Waals surface area contributed by atoms with Crippen LogP contribution in [0, 0.1) is 23.2 Å². The lowest BCUT2D eigenvalue weighted by Crippen LogP contribution is -2.64.